The van der Waals surface area contributed by atoms with Gasteiger partial charge in [0, 0.05) is 52.7 Å². The lowest BCUT2D eigenvalue weighted by atomic mass is 10.1. The highest BCUT2D eigenvalue weighted by molar-refractivity contribution is 5.72. The molecule has 5 nitrogen and oxygen atoms in total. The van der Waals surface area contributed by atoms with Gasteiger partial charge in [0.1, 0.15) is 0 Å². The number of hydrogen-bond acceptors (Lipinski definition) is 4. The molecule has 0 bridgehead atoms. The predicted molar refractivity (Wildman–Crippen MR) is 67.9 cm³/mol. The molecule has 1 aliphatic heterocycles. The highest BCUT2D eigenvalue weighted by atomic mass is 16.3. The molecule has 0 spiro atoms. The number of carbonyl (C=O) groups excluding carboxylic acids is 1. The molecule has 0 unspecified atom stereocenters. The maximum Gasteiger partial charge on any atom is 0.216 e. The Kier molecular flexibility index (Phi) is 5.36. The summed E-state index contributed by atoms with van der Waals surface area (Å²) in [6.07, 6.45) is 0. The quantitative estimate of drug-likeness (QED) is 0.684. The van der Waals surface area contributed by atoms with Crippen molar-refractivity contribution < 1.29 is 9.90 Å². The smallest absolute Gasteiger partial charge is 0.216 e. The zero-order valence-corrected chi connectivity index (χ0v) is 11.2. The van der Waals surface area contributed by atoms with Crippen molar-refractivity contribution in [3.63, 3.8) is 0 Å². The molecule has 0 atom stereocenters. The summed E-state index contributed by atoms with van der Waals surface area (Å²) in [5.41, 5.74) is -0.613. The summed E-state index contributed by atoms with van der Waals surface area (Å²) in [5.74, 6) is 0.0330. The Morgan fingerprint density at radius 3 is 2.24 bits per heavy atom. The summed E-state index contributed by atoms with van der Waals surface area (Å²) in [6.45, 7) is 11.6. The average molecular weight is 243 g/mol. The lowest BCUT2D eigenvalue weighted by molar-refractivity contribution is -0.119. The van der Waals surface area contributed by atoms with Gasteiger partial charge in [-0.3, -0.25) is 14.6 Å². The van der Waals surface area contributed by atoms with Crippen molar-refractivity contribution in [2.45, 2.75) is 26.4 Å². The van der Waals surface area contributed by atoms with E-state index >= 15 is 0 Å². The number of piperazine rings is 1. The van der Waals surface area contributed by atoms with Crippen LogP contribution in [-0.4, -0.2) is 72.2 Å². The first-order chi connectivity index (χ1) is 7.87. The molecule has 2 N–H and O–H groups in total. The lowest BCUT2D eigenvalue weighted by Crippen LogP contribution is -2.51. The number of nitrogens with zero attached hydrogens (tertiary/aromatic N) is 2. The van der Waals surface area contributed by atoms with Crippen molar-refractivity contribution >= 4 is 5.91 Å². The van der Waals surface area contributed by atoms with Crippen LogP contribution in [-0.2, 0) is 4.79 Å². The fourth-order valence-electron chi connectivity index (χ4n) is 2.11. The van der Waals surface area contributed by atoms with Gasteiger partial charge in [-0.25, -0.2) is 0 Å². The van der Waals surface area contributed by atoms with E-state index in [1.54, 1.807) is 6.92 Å². The van der Waals surface area contributed by atoms with E-state index in [2.05, 4.69) is 15.1 Å². The molecule has 0 saturated carbocycles. The molecule has 0 aromatic heterocycles. The summed E-state index contributed by atoms with van der Waals surface area (Å²) >= 11 is 0. The van der Waals surface area contributed by atoms with Crippen molar-refractivity contribution in [3.05, 3.63) is 0 Å². The summed E-state index contributed by atoms with van der Waals surface area (Å²) < 4.78 is 0. The van der Waals surface area contributed by atoms with Crippen LogP contribution in [0.4, 0.5) is 0 Å². The van der Waals surface area contributed by atoms with Crippen LogP contribution in [0.1, 0.15) is 20.8 Å². The maximum absolute atomic E-state index is 10.7. The van der Waals surface area contributed by atoms with Gasteiger partial charge in [-0.15, -0.1) is 0 Å². The number of nitrogens with one attached hydrogen (secondary N) is 1. The van der Waals surface area contributed by atoms with Crippen LogP contribution in [0.3, 0.4) is 0 Å². The predicted octanol–water partition coefficient (Wildman–Crippen LogP) is -0.489. The Hall–Kier alpha value is -0.650. The highest BCUT2D eigenvalue weighted by Crippen LogP contribution is 2.08. The van der Waals surface area contributed by atoms with E-state index in [-0.39, 0.29) is 5.91 Å². The van der Waals surface area contributed by atoms with Crippen LogP contribution in [0, 0.1) is 0 Å². The molecule has 5 heteroatoms. The maximum atomic E-state index is 10.7. The van der Waals surface area contributed by atoms with Gasteiger partial charge in [-0.2, -0.15) is 0 Å². The molecule has 1 aliphatic rings. The Morgan fingerprint density at radius 2 is 1.76 bits per heavy atom. The zero-order valence-electron chi connectivity index (χ0n) is 11.2. The molecule has 1 rings (SSSR count). The molecule has 0 aromatic carbocycles. The molecule has 1 amide bonds. The fraction of sp³-hybridized carbons (Fsp3) is 0.917. The Balaban J connectivity index is 2.15. The van der Waals surface area contributed by atoms with Gasteiger partial charge >= 0.3 is 0 Å². The van der Waals surface area contributed by atoms with E-state index in [0.717, 1.165) is 45.8 Å². The molecule has 0 aliphatic carbocycles. The number of carbonyl (C=O) groups is 1. The molecule has 1 fully saturated rings. The molecule has 0 aromatic rings. The molecule has 1 saturated heterocycles. The second kappa shape index (κ2) is 6.33. The molecule has 17 heavy (non-hydrogen) atoms. The summed E-state index contributed by atoms with van der Waals surface area (Å²) in [7, 11) is 0. The minimum Gasteiger partial charge on any atom is -0.389 e. The minimum absolute atomic E-state index is 0.0330. The second-order valence-electron chi connectivity index (χ2n) is 5.41. The minimum atomic E-state index is -0.613. The second-order valence-corrected chi connectivity index (χ2v) is 5.41. The van der Waals surface area contributed by atoms with Crippen LogP contribution >= 0.6 is 0 Å². The van der Waals surface area contributed by atoms with Crippen molar-refractivity contribution in [1.29, 1.82) is 0 Å². The van der Waals surface area contributed by atoms with Crippen LogP contribution in [0.25, 0.3) is 0 Å². The van der Waals surface area contributed by atoms with Gasteiger partial charge in [-0.1, -0.05) is 0 Å². The summed E-state index contributed by atoms with van der Waals surface area (Å²) in [5, 5.41) is 12.5. The van der Waals surface area contributed by atoms with Crippen LogP contribution in [0.2, 0.25) is 0 Å². The van der Waals surface area contributed by atoms with Crippen molar-refractivity contribution in [1.82, 2.24) is 15.1 Å². The third kappa shape index (κ3) is 6.61. The molecule has 100 valence electrons. The Morgan fingerprint density at radius 1 is 1.24 bits per heavy atom. The SMILES string of the molecule is CC(=O)NCCN1CCN(CC(C)(C)O)CC1. The largest absolute Gasteiger partial charge is 0.389 e. The number of aliphatic hydroxyl groups is 1. The molecular weight excluding hydrogens is 218 g/mol. The monoisotopic (exact) mass is 243 g/mol. The number of rotatable bonds is 5. The van der Waals surface area contributed by atoms with Crippen LogP contribution in [0.15, 0.2) is 0 Å². The molecule has 1 heterocycles. The van der Waals surface area contributed by atoms with E-state index in [9.17, 15) is 9.90 Å². The van der Waals surface area contributed by atoms with E-state index in [0.29, 0.717) is 0 Å². The van der Waals surface area contributed by atoms with Crippen LogP contribution < -0.4 is 5.32 Å². The number of β-amino-alcohol motifs (C(OH)–C–C–N with tert-alkyl or cyclic N) is 1. The van der Waals surface area contributed by atoms with Crippen molar-refractivity contribution in [2.75, 3.05) is 45.8 Å². The lowest BCUT2D eigenvalue weighted by Gasteiger charge is -2.37. The zero-order chi connectivity index (χ0) is 12.9. The first-order valence-electron chi connectivity index (χ1n) is 6.28. The standard InChI is InChI=1S/C12H25N3O2/c1-11(16)13-4-5-14-6-8-15(9-7-14)10-12(2,3)17/h17H,4-10H2,1-3H3,(H,13,16). The third-order valence-electron chi connectivity index (χ3n) is 2.88. The molecular formula is C12H25N3O2. The van der Waals surface area contributed by atoms with Crippen molar-refractivity contribution in [2.24, 2.45) is 0 Å². The fourth-order valence-corrected chi connectivity index (χ4v) is 2.11. The van der Waals surface area contributed by atoms with Crippen molar-refractivity contribution in [3.8, 4) is 0 Å². The average Bonchev–Trinajstić information content (AvgIpc) is 2.18. The van der Waals surface area contributed by atoms with Gasteiger partial charge in [0.25, 0.3) is 0 Å². The highest BCUT2D eigenvalue weighted by Gasteiger charge is 2.22. The normalized spacial score (nSPS) is 19.3. The van der Waals surface area contributed by atoms with Gasteiger partial charge in [0.2, 0.25) is 5.91 Å². The first kappa shape index (κ1) is 14.4. The van der Waals surface area contributed by atoms with Gasteiger partial charge in [0.15, 0.2) is 0 Å². The van der Waals surface area contributed by atoms with E-state index in [1.807, 2.05) is 13.8 Å². The number of hydrogen-bond donors (Lipinski definition) is 2. The summed E-state index contributed by atoms with van der Waals surface area (Å²) in [4.78, 5) is 15.4. The topological polar surface area (TPSA) is 55.8 Å². The van der Waals surface area contributed by atoms with Crippen LogP contribution in [0.5, 0.6) is 0 Å². The van der Waals surface area contributed by atoms with Gasteiger partial charge < -0.3 is 10.4 Å². The summed E-state index contributed by atoms with van der Waals surface area (Å²) in [6, 6.07) is 0. The Labute approximate surface area is 104 Å². The first-order valence-corrected chi connectivity index (χ1v) is 6.28. The molecule has 0 radical (unpaired) electrons. The van der Waals surface area contributed by atoms with E-state index in [1.165, 1.54) is 0 Å². The number of amides is 1. The third-order valence-corrected chi connectivity index (χ3v) is 2.88. The van der Waals surface area contributed by atoms with Gasteiger partial charge in [-0.05, 0) is 13.8 Å². The van der Waals surface area contributed by atoms with Gasteiger partial charge in [0.05, 0.1) is 5.60 Å². The Bertz CT molecular complexity index is 243. The van der Waals surface area contributed by atoms with E-state index < -0.39 is 5.60 Å². The van der Waals surface area contributed by atoms with E-state index in [4.69, 9.17) is 0 Å².